The monoisotopic (exact) mass is 503 g/mol. The first-order chi connectivity index (χ1) is 16.3. The third-order valence-electron chi connectivity index (χ3n) is 6.28. The number of aromatic amines is 2. The van der Waals surface area contributed by atoms with Crippen LogP contribution in [0.1, 0.15) is 12.0 Å². The number of rotatable bonds is 7. The number of imidazole rings is 1. The fourth-order valence-electron chi connectivity index (χ4n) is 4.52. The summed E-state index contributed by atoms with van der Waals surface area (Å²) in [6.07, 6.45) is 0.693. The number of nitrogens with zero attached hydrogens (tertiary/aromatic N) is 2. The smallest absolute Gasteiger partial charge is 0.323 e. The van der Waals surface area contributed by atoms with Crippen molar-refractivity contribution in [3.8, 4) is 0 Å². The van der Waals surface area contributed by atoms with E-state index in [0.717, 1.165) is 54.1 Å². The molecule has 1 aliphatic heterocycles. The lowest BCUT2D eigenvalue weighted by Crippen LogP contribution is -2.47. The molecule has 2 aromatic carbocycles. The zero-order chi connectivity index (χ0) is 23.9. The quantitative estimate of drug-likeness (QED) is 0.337. The van der Waals surface area contributed by atoms with Gasteiger partial charge in [-0.05, 0) is 61.2 Å². The molecule has 3 N–H and O–H groups in total. The molecule has 0 amide bonds. The highest BCUT2D eigenvalue weighted by atomic mass is 32.2. The lowest BCUT2D eigenvalue weighted by atomic mass is 10.2. The zero-order valence-electron chi connectivity index (χ0n) is 18.7. The standard InChI is InChI=1S/C23H26FN5O3S2/c1-15-17-14-16(24)6-7-20(17)33-22(15)34(31,32)25-8-3-9-28-10-12-29(13-11-28)19-5-2-4-18-21(19)27-23(30)26-18/h2,4-7,14,25H,3,8-13H2,1H3,(H2,26,27,30). The fourth-order valence-corrected chi connectivity index (χ4v) is 7.38. The molecule has 0 spiro atoms. The molecule has 34 heavy (non-hydrogen) atoms. The van der Waals surface area contributed by atoms with Crippen molar-refractivity contribution in [2.75, 3.05) is 44.2 Å². The van der Waals surface area contributed by atoms with Crippen molar-refractivity contribution >= 4 is 48.2 Å². The lowest BCUT2D eigenvalue weighted by Gasteiger charge is -2.36. The van der Waals surface area contributed by atoms with Gasteiger partial charge in [0.15, 0.2) is 0 Å². The van der Waals surface area contributed by atoms with Crippen molar-refractivity contribution in [1.82, 2.24) is 19.6 Å². The Balaban J connectivity index is 1.14. The van der Waals surface area contributed by atoms with E-state index in [1.165, 1.54) is 23.5 Å². The molecule has 180 valence electrons. The Morgan fingerprint density at radius 1 is 1.12 bits per heavy atom. The van der Waals surface area contributed by atoms with Gasteiger partial charge in [0.2, 0.25) is 10.0 Å². The predicted octanol–water partition coefficient (Wildman–Crippen LogP) is 3.01. The van der Waals surface area contributed by atoms with E-state index < -0.39 is 10.0 Å². The van der Waals surface area contributed by atoms with Crippen LogP contribution in [0.3, 0.4) is 0 Å². The number of hydrogen-bond acceptors (Lipinski definition) is 6. The van der Waals surface area contributed by atoms with E-state index in [1.54, 1.807) is 13.0 Å². The van der Waals surface area contributed by atoms with Gasteiger partial charge in [-0.25, -0.2) is 22.3 Å². The number of para-hydroxylation sites is 1. The third kappa shape index (κ3) is 4.48. The van der Waals surface area contributed by atoms with Crippen molar-refractivity contribution in [3.63, 3.8) is 0 Å². The minimum absolute atomic E-state index is 0.207. The van der Waals surface area contributed by atoms with Crippen LogP contribution in [0.25, 0.3) is 21.1 Å². The molecular weight excluding hydrogens is 477 g/mol. The number of piperazine rings is 1. The van der Waals surface area contributed by atoms with Crippen molar-refractivity contribution in [2.45, 2.75) is 17.6 Å². The predicted molar refractivity (Wildman–Crippen MR) is 134 cm³/mol. The third-order valence-corrected chi connectivity index (χ3v) is 9.64. The Morgan fingerprint density at radius 2 is 1.91 bits per heavy atom. The number of aromatic nitrogens is 2. The van der Waals surface area contributed by atoms with E-state index in [0.29, 0.717) is 23.9 Å². The molecule has 4 aromatic rings. The maximum Gasteiger partial charge on any atom is 0.323 e. The van der Waals surface area contributed by atoms with Crippen LogP contribution in [0.15, 0.2) is 45.4 Å². The van der Waals surface area contributed by atoms with Crippen LogP contribution in [-0.2, 0) is 10.0 Å². The van der Waals surface area contributed by atoms with Crippen LogP contribution in [0.5, 0.6) is 0 Å². The highest BCUT2D eigenvalue weighted by Crippen LogP contribution is 2.34. The first kappa shape index (κ1) is 23.0. The first-order valence-electron chi connectivity index (χ1n) is 11.2. The molecule has 1 fully saturated rings. The van der Waals surface area contributed by atoms with Crippen molar-refractivity contribution < 1.29 is 12.8 Å². The van der Waals surface area contributed by atoms with Gasteiger partial charge in [-0.15, -0.1) is 11.3 Å². The molecule has 0 aliphatic carbocycles. The molecular formula is C23H26FN5O3S2. The summed E-state index contributed by atoms with van der Waals surface area (Å²) >= 11 is 1.17. The van der Waals surface area contributed by atoms with Gasteiger partial charge in [0.05, 0.1) is 16.7 Å². The van der Waals surface area contributed by atoms with Gasteiger partial charge in [-0.1, -0.05) is 6.07 Å². The van der Waals surface area contributed by atoms with Crippen LogP contribution >= 0.6 is 11.3 Å². The minimum Gasteiger partial charge on any atom is -0.367 e. The lowest BCUT2D eigenvalue weighted by molar-refractivity contribution is 0.255. The van der Waals surface area contributed by atoms with Gasteiger partial charge in [0, 0.05) is 37.4 Å². The van der Waals surface area contributed by atoms with E-state index in [4.69, 9.17) is 0 Å². The summed E-state index contributed by atoms with van der Waals surface area (Å²) in [6, 6.07) is 10.2. The second kappa shape index (κ2) is 9.14. The van der Waals surface area contributed by atoms with Crippen LogP contribution < -0.4 is 15.3 Å². The molecule has 0 unspecified atom stereocenters. The van der Waals surface area contributed by atoms with Crippen LogP contribution in [-0.4, -0.2) is 62.6 Å². The Bertz CT molecular complexity index is 1500. The van der Waals surface area contributed by atoms with E-state index in [2.05, 4.69) is 24.5 Å². The normalized spacial score (nSPS) is 15.5. The number of sulfonamides is 1. The number of fused-ring (bicyclic) bond motifs is 2. The topological polar surface area (TPSA) is 101 Å². The van der Waals surface area contributed by atoms with Gasteiger partial charge < -0.3 is 14.9 Å². The molecule has 1 aliphatic rings. The first-order valence-corrected chi connectivity index (χ1v) is 13.5. The number of halogens is 1. The van der Waals surface area contributed by atoms with E-state index in [-0.39, 0.29) is 15.7 Å². The molecule has 5 rings (SSSR count). The van der Waals surface area contributed by atoms with Gasteiger partial charge in [0.25, 0.3) is 0 Å². The summed E-state index contributed by atoms with van der Waals surface area (Å²) in [7, 11) is -3.64. The second-order valence-electron chi connectivity index (χ2n) is 8.51. The van der Waals surface area contributed by atoms with Gasteiger partial charge in [0.1, 0.15) is 10.0 Å². The number of H-pyrrole nitrogens is 2. The Labute approximate surface area is 200 Å². The summed E-state index contributed by atoms with van der Waals surface area (Å²) in [6.45, 7) is 6.23. The average molecular weight is 504 g/mol. The minimum atomic E-state index is -3.64. The summed E-state index contributed by atoms with van der Waals surface area (Å²) < 4.78 is 42.9. The largest absolute Gasteiger partial charge is 0.367 e. The highest BCUT2D eigenvalue weighted by Gasteiger charge is 2.22. The number of thiophene rings is 1. The van der Waals surface area contributed by atoms with Crippen LogP contribution in [0, 0.1) is 12.7 Å². The molecule has 0 atom stereocenters. The Kier molecular flexibility index (Phi) is 6.19. The van der Waals surface area contributed by atoms with Crippen molar-refractivity contribution in [2.24, 2.45) is 0 Å². The van der Waals surface area contributed by atoms with Crippen LogP contribution in [0.4, 0.5) is 10.1 Å². The maximum atomic E-state index is 13.6. The number of nitrogens with one attached hydrogen (secondary N) is 3. The molecule has 8 nitrogen and oxygen atoms in total. The van der Waals surface area contributed by atoms with E-state index in [1.807, 2.05) is 18.2 Å². The average Bonchev–Trinajstić information content (AvgIpc) is 3.36. The molecule has 1 saturated heterocycles. The SMILES string of the molecule is Cc1c(S(=O)(=O)NCCCN2CCN(c3cccc4[nH]c(=O)[nH]c34)CC2)sc2ccc(F)cc12. The molecule has 3 heterocycles. The Morgan fingerprint density at radius 3 is 2.71 bits per heavy atom. The summed E-state index contributed by atoms with van der Waals surface area (Å²) in [5, 5.41) is 0.641. The van der Waals surface area contributed by atoms with Gasteiger partial charge >= 0.3 is 5.69 Å². The zero-order valence-corrected chi connectivity index (χ0v) is 20.4. The van der Waals surface area contributed by atoms with E-state index in [9.17, 15) is 17.6 Å². The fraction of sp³-hybridized carbons (Fsp3) is 0.348. The van der Waals surface area contributed by atoms with E-state index >= 15 is 0 Å². The molecule has 2 aromatic heterocycles. The van der Waals surface area contributed by atoms with Crippen LogP contribution in [0.2, 0.25) is 0 Å². The molecule has 11 heteroatoms. The van der Waals surface area contributed by atoms with Crippen molar-refractivity contribution in [1.29, 1.82) is 0 Å². The molecule has 0 bridgehead atoms. The number of aryl methyl sites for hydroxylation is 1. The highest BCUT2D eigenvalue weighted by molar-refractivity contribution is 7.91. The Hall–Kier alpha value is -2.73. The maximum absolute atomic E-state index is 13.6. The van der Waals surface area contributed by atoms with Gasteiger partial charge in [-0.2, -0.15) is 0 Å². The number of anilines is 1. The summed E-state index contributed by atoms with van der Waals surface area (Å²) in [5.41, 5.74) is 3.02. The molecule has 0 saturated carbocycles. The number of hydrogen-bond donors (Lipinski definition) is 3. The molecule has 0 radical (unpaired) electrons. The van der Waals surface area contributed by atoms with Crippen molar-refractivity contribution in [3.05, 3.63) is 58.3 Å². The summed E-state index contributed by atoms with van der Waals surface area (Å²) in [4.78, 5) is 21.9. The second-order valence-corrected chi connectivity index (χ2v) is 11.5. The number of benzene rings is 2. The van der Waals surface area contributed by atoms with Gasteiger partial charge in [-0.3, -0.25) is 4.90 Å². The summed E-state index contributed by atoms with van der Waals surface area (Å²) in [5.74, 6) is -0.372.